The third kappa shape index (κ3) is 9.83. The number of ether oxygens (including phenoxy) is 2. The lowest BCUT2D eigenvalue weighted by atomic mass is 9.96. The van der Waals surface area contributed by atoms with Gasteiger partial charge in [0, 0.05) is 12.1 Å². The maximum Gasteiger partial charge on any atom is 0.346 e. The maximum atomic E-state index is 14.5. The highest BCUT2D eigenvalue weighted by Crippen LogP contribution is 2.20. The van der Waals surface area contributed by atoms with Crippen molar-refractivity contribution in [1.82, 2.24) is 0 Å². The van der Waals surface area contributed by atoms with Gasteiger partial charge in [-0.05, 0) is 73.2 Å². The molecule has 4 nitrogen and oxygen atoms in total. The summed E-state index contributed by atoms with van der Waals surface area (Å²) in [6, 6.07) is 15.9. The Hall–Kier alpha value is -4.33. The smallest absolute Gasteiger partial charge is 0.346 e. The van der Waals surface area contributed by atoms with Crippen LogP contribution in [-0.2, 0) is 12.8 Å². The van der Waals surface area contributed by atoms with Gasteiger partial charge in [0.1, 0.15) is 50.5 Å². The molecule has 0 bridgehead atoms. The molecule has 0 aromatic heterocycles. The molecule has 228 valence electrons. The predicted octanol–water partition coefficient (Wildman–Crippen LogP) is 6.78. The summed E-state index contributed by atoms with van der Waals surface area (Å²) in [7, 11) is 10.8. The van der Waals surface area contributed by atoms with Crippen molar-refractivity contribution in [3.63, 3.8) is 0 Å². The molecule has 0 saturated heterocycles. The number of halogens is 4. The van der Waals surface area contributed by atoms with E-state index in [0.717, 1.165) is 68.2 Å². The quantitative estimate of drug-likeness (QED) is 0.0518. The Labute approximate surface area is 262 Å². The van der Waals surface area contributed by atoms with E-state index in [-0.39, 0.29) is 33.6 Å². The SMILES string of the molecule is [B]c1ccc(OC(=O)c2ccc(CCCCCCCCCc3ccc(C(=O)Oc4ccc([B])c(F)c4)c(F)c3)cc2F)cc1F. The molecule has 4 aromatic rings. The fourth-order valence-electron chi connectivity index (χ4n) is 4.77. The minimum Gasteiger partial charge on any atom is -0.423 e. The van der Waals surface area contributed by atoms with Crippen LogP contribution in [0.3, 0.4) is 0 Å². The van der Waals surface area contributed by atoms with Crippen LogP contribution in [0.1, 0.15) is 76.8 Å². The molecule has 0 aliphatic heterocycles. The van der Waals surface area contributed by atoms with Crippen LogP contribution in [0.25, 0.3) is 0 Å². The zero-order chi connectivity index (χ0) is 32.3. The molecule has 0 unspecified atom stereocenters. The summed E-state index contributed by atoms with van der Waals surface area (Å²) >= 11 is 0. The third-order valence-electron chi connectivity index (χ3n) is 7.30. The van der Waals surface area contributed by atoms with E-state index in [1.807, 2.05) is 0 Å². The highest BCUT2D eigenvalue weighted by molar-refractivity contribution is 6.32. The number of hydrogen-bond donors (Lipinski definition) is 0. The van der Waals surface area contributed by atoms with Crippen LogP contribution in [0, 0.1) is 23.3 Å². The lowest BCUT2D eigenvalue weighted by Crippen LogP contribution is -2.13. The molecule has 0 aliphatic rings. The van der Waals surface area contributed by atoms with E-state index < -0.39 is 35.2 Å². The van der Waals surface area contributed by atoms with E-state index in [1.54, 1.807) is 12.1 Å². The minimum atomic E-state index is -0.917. The van der Waals surface area contributed by atoms with Crippen LogP contribution in [0.15, 0.2) is 72.8 Å². The molecule has 0 amide bonds. The number of carbonyl (C=O) groups excluding carboxylic acids is 2. The zero-order valence-electron chi connectivity index (χ0n) is 24.6. The first-order valence-corrected chi connectivity index (χ1v) is 14.7. The number of benzene rings is 4. The molecule has 10 heteroatoms. The summed E-state index contributed by atoms with van der Waals surface area (Å²) in [5.74, 6) is -4.81. The van der Waals surface area contributed by atoms with E-state index in [2.05, 4.69) is 0 Å². The molecule has 0 heterocycles. The Morgan fingerprint density at radius 3 is 1.22 bits per heavy atom. The summed E-state index contributed by atoms with van der Waals surface area (Å²) < 4.78 is 66.3. The van der Waals surface area contributed by atoms with Gasteiger partial charge in [0.05, 0.1) is 11.1 Å². The van der Waals surface area contributed by atoms with Crippen LogP contribution < -0.4 is 20.4 Å². The molecule has 0 N–H and O–H groups in total. The Balaban J connectivity index is 1.10. The Bertz CT molecular complexity index is 1540. The first-order valence-electron chi connectivity index (χ1n) is 14.7. The Morgan fingerprint density at radius 2 is 0.867 bits per heavy atom. The van der Waals surface area contributed by atoms with Crippen molar-refractivity contribution < 1.29 is 36.6 Å². The third-order valence-corrected chi connectivity index (χ3v) is 7.30. The van der Waals surface area contributed by atoms with Gasteiger partial charge in [-0.25, -0.2) is 27.2 Å². The van der Waals surface area contributed by atoms with Gasteiger partial charge in [0.15, 0.2) is 0 Å². The van der Waals surface area contributed by atoms with Crippen molar-refractivity contribution in [1.29, 1.82) is 0 Å². The van der Waals surface area contributed by atoms with E-state index in [0.29, 0.717) is 12.8 Å². The van der Waals surface area contributed by atoms with Crippen molar-refractivity contribution in [2.45, 2.75) is 57.8 Å². The molecule has 4 rings (SSSR count). The lowest BCUT2D eigenvalue weighted by Gasteiger charge is -2.08. The van der Waals surface area contributed by atoms with Crippen molar-refractivity contribution in [3.05, 3.63) is 118 Å². The molecule has 4 radical (unpaired) electrons. The highest BCUT2D eigenvalue weighted by atomic mass is 19.1. The van der Waals surface area contributed by atoms with Crippen LogP contribution in [-0.4, -0.2) is 27.6 Å². The largest absolute Gasteiger partial charge is 0.423 e. The fourth-order valence-corrected chi connectivity index (χ4v) is 4.77. The standard InChI is InChI=1S/C35H30B2F4O4/c36-28-16-12-24(20-32(28)40)44-34(42)26-14-10-22(18-30(26)38)8-6-4-2-1-3-5-7-9-23-11-15-27(31(39)19-23)35(43)45-25-13-17-29(37)33(41)21-25/h10-21H,1-9H2. The summed E-state index contributed by atoms with van der Waals surface area (Å²) in [6.07, 6.45) is 8.10. The van der Waals surface area contributed by atoms with Crippen LogP contribution >= 0.6 is 0 Å². The van der Waals surface area contributed by atoms with Gasteiger partial charge in [-0.3, -0.25) is 0 Å². The van der Waals surface area contributed by atoms with Gasteiger partial charge in [0.25, 0.3) is 0 Å². The number of unbranched alkanes of at least 4 members (excludes halogenated alkanes) is 6. The van der Waals surface area contributed by atoms with Crippen molar-refractivity contribution in [2.75, 3.05) is 0 Å². The van der Waals surface area contributed by atoms with E-state index >= 15 is 0 Å². The molecule has 0 aliphatic carbocycles. The number of aryl methyl sites for hydroxylation is 2. The number of esters is 2. The summed E-state index contributed by atoms with van der Waals surface area (Å²) in [4.78, 5) is 24.6. The van der Waals surface area contributed by atoms with Gasteiger partial charge in [-0.2, -0.15) is 0 Å². The van der Waals surface area contributed by atoms with Crippen molar-refractivity contribution in [3.8, 4) is 11.5 Å². The molecular formula is C35H30B2F4O4. The van der Waals surface area contributed by atoms with Crippen molar-refractivity contribution in [2.24, 2.45) is 0 Å². The topological polar surface area (TPSA) is 52.6 Å². The fraction of sp³-hybridized carbons (Fsp3) is 0.257. The lowest BCUT2D eigenvalue weighted by molar-refractivity contribution is 0.0719. The zero-order valence-corrected chi connectivity index (χ0v) is 24.6. The molecule has 0 saturated carbocycles. The predicted molar refractivity (Wildman–Crippen MR) is 166 cm³/mol. The van der Waals surface area contributed by atoms with Gasteiger partial charge in [0.2, 0.25) is 0 Å². The van der Waals surface area contributed by atoms with Crippen LogP contribution in [0.2, 0.25) is 0 Å². The summed E-state index contributed by atoms with van der Waals surface area (Å²) in [5, 5.41) is 0. The van der Waals surface area contributed by atoms with Crippen LogP contribution in [0.5, 0.6) is 11.5 Å². The molecule has 45 heavy (non-hydrogen) atoms. The first kappa shape index (κ1) is 33.6. The number of hydrogen-bond acceptors (Lipinski definition) is 4. The average molecular weight is 612 g/mol. The van der Waals surface area contributed by atoms with Crippen molar-refractivity contribution >= 4 is 38.6 Å². The summed E-state index contributed by atoms with van der Waals surface area (Å²) in [6.45, 7) is 0. The second kappa shape index (κ2) is 16.1. The molecule has 0 fully saturated rings. The van der Waals surface area contributed by atoms with E-state index in [1.165, 1.54) is 48.5 Å². The van der Waals surface area contributed by atoms with Gasteiger partial charge >= 0.3 is 11.9 Å². The van der Waals surface area contributed by atoms with E-state index in [9.17, 15) is 27.2 Å². The van der Waals surface area contributed by atoms with Gasteiger partial charge in [-0.1, -0.05) is 67.3 Å². The second-order valence-corrected chi connectivity index (χ2v) is 10.7. The van der Waals surface area contributed by atoms with Crippen LogP contribution in [0.4, 0.5) is 17.6 Å². The second-order valence-electron chi connectivity index (χ2n) is 10.7. The summed E-state index contributed by atoms with van der Waals surface area (Å²) in [5.41, 5.74) is 0.916. The van der Waals surface area contributed by atoms with E-state index in [4.69, 9.17) is 25.2 Å². The Morgan fingerprint density at radius 1 is 0.489 bits per heavy atom. The van der Waals surface area contributed by atoms with Gasteiger partial charge in [-0.15, -0.1) is 0 Å². The molecular weight excluding hydrogens is 582 g/mol. The maximum absolute atomic E-state index is 14.5. The number of carbonyl (C=O) groups is 2. The monoisotopic (exact) mass is 612 g/mol. The highest BCUT2D eigenvalue weighted by Gasteiger charge is 2.17. The molecule has 0 atom stereocenters. The molecule has 4 aromatic carbocycles. The number of rotatable bonds is 14. The van der Waals surface area contributed by atoms with Gasteiger partial charge < -0.3 is 9.47 Å². The minimum absolute atomic E-state index is 0.0614. The Kier molecular flexibility index (Phi) is 12.0. The first-order chi connectivity index (χ1) is 21.6. The molecule has 0 spiro atoms. The average Bonchev–Trinajstić information content (AvgIpc) is 3.00. The normalized spacial score (nSPS) is 10.9.